The summed E-state index contributed by atoms with van der Waals surface area (Å²) in [6, 6.07) is 7.20. The number of carbonyl (C=O) groups is 3. The van der Waals surface area contributed by atoms with E-state index in [4.69, 9.17) is 4.74 Å². The van der Waals surface area contributed by atoms with E-state index < -0.39 is 11.7 Å². The number of benzene rings is 1. The topological polar surface area (TPSA) is 95.1 Å². The van der Waals surface area contributed by atoms with E-state index >= 15 is 0 Å². The molecule has 3 heterocycles. The van der Waals surface area contributed by atoms with Gasteiger partial charge >= 0.3 is 0 Å². The van der Waals surface area contributed by atoms with E-state index in [1.54, 1.807) is 28.0 Å². The Kier molecular flexibility index (Phi) is 7.48. The fourth-order valence-electron chi connectivity index (χ4n) is 4.59. The van der Waals surface area contributed by atoms with Crippen LogP contribution >= 0.6 is 0 Å². The first-order valence-corrected chi connectivity index (χ1v) is 11.8. The van der Waals surface area contributed by atoms with Gasteiger partial charge in [0.1, 0.15) is 5.82 Å². The van der Waals surface area contributed by atoms with Crippen molar-refractivity contribution in [2.45, 2.75) is 32.2 Å². The molecule has 2 aromatic rings. The third-order valence-electron chi connectivity index (χ3n) is 6.44. The first-order valence-electron chi connectivity index (χ1n) is 11.8. The molecule has 0 bridgehead atoms. The number of nitrogens with zero attached hydrogens (tertiary/aromatic N) is 4. The zero-order valence-corrected chi connectivity index (χ0v) is 20.0. The highest BCUT2D eigenvalue weighted by molar-refractivity contribution is 6.08. The van der Waals surface area contributed by atoms with Crippen molar-refractivity contribution in [1.29, 1.82) is 0 Å². The number of nitrogens with one attached hydrogen (secondary N) is 1. The van der Waals surface area contributed by atoms with Gasteiger partial charge in [0, 0.05) is 62.3 Å². The summed E-state index contributed by atoms with van der Waals surface area (Å²) in [7, 11) is 1.48. The van der Waals surface area contributed by atoms with Crippen molar-refractivity contribution >= 4 is 29.1 Å². The maximum absolute atomic E-state index is 14.1. The number of amides is 3. The number of hydrogen-bond donors (Lipinski definition) is 1. The van der Waals surface area contributed by atoms with Crippen molar-refractivity contribution in [1.82, 2.24) is 14.8 Å². The first kappa shape index (κ1) is 24.4. The number of likely N-dealkylation sites (tertiary alicyclic amines) is 1. The Morgan fingerprint density at radius 2 is 2.00 bits per heavy atom. The molecule has 35 heavy (non-hydrogen) atoms. The molecule has 0 aliphatic carbocycles. The number of aromatic nitrogens is 1. The molecule has 1 atom stereocenters. The van der Waals surface area contributed by atoms with Gasteiger partial charge in [-0.15, -0.1) is 0 Å². The van der Waals surface area contributed by atoms with Gasteiger partial charge in [-0.2, -0.15) is 0 Å². The molecular formula is C25H30FN5O4. The predicted octanol–water partition coefficient (Wildman–Crippen LogP) is 2.53. The van der Waals surface area contributed by atoms with Gasteiger partial charge in [-0.1, -0.05) is 0 Å². The molecule has 0 spiro atoms. The molecule has 0 unspecified atom stereocenters. The minimum atomic E-state index is -0.515. The standard InChI is InChI=1S/C25H30FN5O4/c1-17-15-29(11-12-31(17)24(33)16-30-10-4-3-5-23(30)32)21-7-6-18(26)13-20(21)25(34)28-19-8-9-27-22(14-19)35-2/h6-9,13-14,17H,3-5,10-12,15-16H2,1-2H3,(H,27,28,34)/t17-/m0/s1. The van der Waals surface area contributed by atoms with Crippen LogP contribution in [0.4, 0.5) is 15.8 Å². The number of hydrogen-bond acceptors (Lipinski definition) is 6. The zero-order valence-electron chi connectivity index (χ0n) is 20.0. The van der Waals surface area contributed by atoms with E-state index in [-0.39, 0.29) is 30.0 Å². The van der Waals surface area contributed by atoms with Gasteiger partial charge in [0.2, 0.25) is 17.7 Å². The number of carbonyl (C=O) groups excluding carboxylic acids is 3. The van der Waals surface area contributed by atoms with E-state index in [9.17, 15) is 18.8 Å². The van der Waals surface area contributed by atoms with E-state index in [2.05, 4.69) is 10.3 Å². The van der Waals surface area contributed by atoms with Crippen molar-refractivity contribution in [2.75, 3.05) is 50.1 Å². The molecule has 9 nitrogen and oxygen atoms in total. The molecule has 2 saturated heterocycles. The highest BCUT2D eigenvalue weighted by Gasteiger charge is 2.31. The van der Waals surface area contributed by atoms with Crippen LogP contribution in [0.1, 0.15) is 36.5 Å². The van der Waals surface area contributed by atoms with Crippen molar-refractivity contribution in [2.24, 2.45) is 0 Å². The van der Waals surface area contributed by atoms with Gasteiger partial charge in [0.05, 0.1) is 19.2 Å². The summed E-state index contributed by atoms with van der Waals surface area (Å²) in [5.74, 6) is -0.661. The van der Waals surface area contributed by atoms with E-state index in [1.807, 2.05) is 11.8 Å². The van der Waals surface area contributed by atoms with Crippen LogP contribution in [0.25, 0.3) is 0 Å². The number of pyridine rings is 1. The monoisotopic (exact) mass is 483 g/mol. The van der Waals surface area contributed by atoms with Crippen molar-refractivity contribution < 1.29 is 23.5 Å². The largest absolute Gasteiger partial charge is 0.481 e. The predicted molar refractivity (Wildman–Crippen MR) is 129 cm³/mol. The van der Waals surface area contributed by atoms with Crippen molar-refractivity contribution in [3.8, 4) is 5.88 Å². The van der Waals surface area contributed by atoms with Gasteiger partial charge in [-0.05, 0) is 44.0 Å². The lowest BCUT2D eigenvalue weighted by Crippen LogP contribution is -2.56. The SMILES string of the molecule is COc1cc(NC(=O)c2cc(F)ccc2N2CCN(C(=O)CN3CCCCC3=O)[C@@H](C)C2)ccn1. The molecule has 186 valence electrons. The van der Waals surface area contributed by atoms with E-state index in [0.717, 1.165) is 12.8 Å². The number of rotatable bonds is 6. The summed E-state index contributed by atoms with van der Waals surface area (Å²) in [4.78, 5) is 47.5. The average molecular weight is 484 g/mol. The van der Waals surface area contributed by atoms with Crippen LogP contribution in [0.15, 0.2) is 36.5 Å². The molecule has 10 heteroatoms. The summed E-state index contributed by atoms with van der Waals surface area (Å²) < 4.78 is 19.2. The van der Waals surface area contributed by atoms with Gasteiger partial charge in [0.25, 0.3) is 5.91 Å². The fourth-order valence-corrected chi connectivity index (χ4v) is 4.59. The second kappa shape index (κ2) is 10.7. The molecule has 0 radical (unpaired) electrons. The summed E-state index contributed by atoms with van der Waals surface area (Å²) in [6.07, 6.45) is 3.81. The average Bonchev–Trinajstić information content (AvgIpc) is 2.85. The first-order chi connectivity index (χ1) is 16.9. The lowest BCUT2D eigenvalue weighted by Gasteiger charge is -2.42. The van der Waals surface area contributed by atoms with Gasteiger partial charge in [0.15, 0.2) is 0 Å². The van der Waals surface area contributed by atoms with Crippen LogP contribution in [-0.4, -0.2) is 78.4 Å². The number of piperidine rings is 1. The molecule has 3 amide bonds. The minimum Gasteiger partial charge on any atom is -0.481 e. The third kappa shape index (κ3) is 5.70. The highest BCUT2D eigenvalue weighted by atomic mass is 19.1. The fraction of sp³-hybridized carbons (Fsp3) is 0.440. The normalized spacial score (nSPS) is 18.4. The third-order valence-corrected chi connectivity index (χ3v) is 6.44. The molecule has 2 aliphatic rings. The second-order valence-electron chi connectivity index (χ2n) is 8.86. The number of anilines is 2. The summed E-state index contributed by atoms with van der Waals surface area (Å²) in [5, 5.41) is 2.77. The van der Waals surface area contributed by atoms with Crippen LogP contribution in [0.3, 0.4) is 0 Å². The Hall–Kier alpha value is -3.69. The van der Waals surface area contributed by atoms with Crippen molar-refractivity contribution in [3.05, 3.63) is 47.9 Å². The molecular weight excluding hydrogens is 453 g/mol. The maximum Gasteiger partial charge on any atom is 0.257 e. The Morgan fingerprint density at radius 3 is 2.74 bits per heavy atom. The summed E-state index contributed by atoms with van der Waals surface area (Å²) in [6.45, 7) is 4.07. The van der Waals surface area contributed by atoms with Crippen LogP contribution in [0.5, 0.6) is 5.88 Å². The van der Waals surface area contributed by atoms with Gasteiger partial charge in [-0.25, -0.2) is 9.37 Å². The van der Waals surface area contributed by atoms with Crippen LogP contribution in [-0.2, 0) is 9.59 Å². The molecule has 2 aliphatic heterocycles. The Labute approximate surface area is 203 Å². The molecule has 2 fully saturated rings. The highest BCUT2D eigenvalue weighted by Crippen LogP contribution is 2.26. The Bertz CT molecular complexity index is 1110. The number of methoxy groups -OCH3 is 1. The number of ether oxygens (including phenoxy) is 1. The summed E-state index contributed by atoms with van der Waals surface area (Å²) >= 11 is 0. The lowest BCUT2D eigenvalue weighted by atomic mass is 10.1. The van der Waals surface area contributed by atoms with Gasteiger partial charge < -0.3 is 24.8 Å². The van der Waals surface area contributed by atoms with Gasteiger partial charge in [-0.3, -0.25) is 14.4 Å². The van der Waals surface area contributed by atoms with E-state index in [0.29, 0.717) is 49.9 Å². The van der Waals surface area contributed by atoms with Crippen LogP contribution in [0.2, 0.25) is 0 Å². The zero-order chi connectivity index (χ0) is 24.9. The van der Waals surface area contributed by atoms with Crippen LogP contribution < -0.4 is 15.0 Å². The number of piperazine rings is 1. The molecule has 4 rings (SSSR count). The molecule has 1 N–H and O–H groups in total. The summed E-state index contributed by atoms with van der Waals surface area (Å²) in [5.41, 5.74) is 1.27. The molecule has 1 aromatic heterocycles. The minimum absolute atomic E-state index is 0.0321. The molecule has 0 saturated carbocycles. The van der Waals surface area contributed by atoms with Crippen molar-refractivity contribution in [3.63, 3.8) is 0 Å². The Balaban J connectivity index is 1.45. The maximum atomic E-state index is 14.1. The van der Waals surface area contributed by atoms with Crippen LogP contribution in [0, 0.1) is 5.82 Å². The number of halogens is 1. The quantitative estimate of drug-likeness (QED) is 0.679. The Morgan fingerprint density at radius 1 is 1.17 bits per heavy atom. The second-order valence-corrected chi connectivity index (χ2v) is 8.86. The lowest BCUT2D eigenvalue weighted by molar-refractivity contribution is -0.143. The van der Waals surface area contributed by atoms with E-state index in [1.165, 1.54) is 25.4 Å². The smallest absolute Gasteiger partial charge is 0.257 e. The molecule has 1 aromatic carbocycles.